The topological polar surface area (TPSA) is 401 Å². The number of hydrogen-bond acceptors (Lipinski definition) is 12. The van der Waals surface area contributed by atoms with Gasteiger partial charge in [0.15, 0.2) is 0 Å². The molecule has 1 saturated carbocycles. The first-order valence-electron chi connectivity index (χ1n) is 8.01. The third kappa shape index (κ3) is 15.3. The quantitative estimate of drug-likeness (QED) is 0.0706. The first-order chi connectivity index (χ1) is 15.6. The van der Waals surface area contributed by atoms with Gasteiger partial charge in [0.25, 0.3) is 0 Å². The molecular formula is C6H20MgO24P6. The van der Waals surface area contributed by atoms with E-state index in [0.29, 0.717) is 0 Å². The van der Waals surface area contributed by atoms with Gasteiger partial charge in [-0.1, -0.05) is 0 Å². The summed E-state index contributed by atoms with van der Waals surface area (Å²) < 4.78 is 93.1. The standard InChI is InChI=1S/C6H18O24P6.Mg.2H/c7-31(8,9)25-1-2(26-32(10,11)12)4(28-34(16,17)18)6(30-36(22,23)24)5(29-35(19,20)21)3(1)27-33(13,14)15;;;/h1-6H,(H2,7,8,9)(H2,10,11,12)(H2,13,14,15)(H2,16,17,18)(H2,19,20,21)(H2,22,23,24);;;/q;+2;2*-1. The smallest absolute Gasteiger partial charge is 1.00 e. The predicted molar refractivity (Wildman–Crippen MR) is 109 cm³/mol. The Morgan fingerprint density at radius 2 is 0.405 bits per heavy atom. The van der Waals surface area contributed by atoms with Gasteiger partial charge in [-0.3, -0.25) is 27.1 Å². The fourth-order valence-corrected chi connectivity index (χ4v) is 6.14. The first-order valence-corrected chi connectivity index (χ1v) is 17.2. The van der Waals surface area contributed by atoms with Crippen LogP contribution < -0.4 is 0 Å². The summed E-state index contributed by atoms with van der Waals surface area (Å²) in [7, 11) is -36.1. The summed E-state index contributed by atoms with van der Waals surface area (Å²) >= 11 is 0. The molecule has 220 valence electrons. The molecule has 24 nitrogen and oxygen atoms in total. The third-order valence-electron chi connectivity index (χ3n) is 3.50. The van der Waals surface area contributed by atoms with E-state index >= 15 is 0 Å². The van der Waals surface area contributed by atoms with Gasteiger partial charge in [0.05, 0.1) is 0 Å². The molecule has 0 heterocycles. The van der Waals surface area contributed by atoms with Crippen molar-refractivity contribution < 1.29 is 116 Å². The van der Waals surface area contributed by atoms with E-state index in [0.717, 1.165) is 0 Å². The molecule has 0 bridgehead atoms. The van der Waals surface area contributed by atoms with E-state index < -0.39 is 83.6 Å². The molecule has 1 aliphatic carbocycles. The summed E-state index contributed by atoms with van der Waals surface area (Å²) in [6.07, 6.45) is -18.9. The monoisotopic (exact) mass is 686 g/mol. The van der Waals surface area contributed by atoms with Crippen molar-refractivity contribution in [3.8, 4) is 0 Å². The zero-order chi connectivity index (χ0) is 28.7. The van der Waals surface area contributed by atoms with Crippen LogP contribution in [0.1, 0.15) is 2.85 Å². The van der Waals surface area contributed by atoms with Crippen LogP contribution in [0.3, 0.4) is 0 Å². The van der Waals surface area contributed by atoms with Crippen molar-refractivity contribution >= 4 is 70.0 Å². The SMILES string of the molecule is O=P(O)(O)OC1C(OP(=O)(O)O)C(OP(=O)(O)O)C(OP(=O)(O)O)C(OP(=O)(O)O)C1OP(=O)(O)O.[H-].[H-].[Mg+2]. The van der Waals surface area contributed by atoms with Crippen LogP contribution in [0.15, 0.2) is 0 Å². The molecule has 0 atom stereocenters. The van der Waals surface area contributed by atoms with Crippen molar-refractivity contribution in [3.63, 3.8) is 0 Å². The van der Waals surface area contributed by atoms with Crippen molar-refractivity contribution in [2.45, 2.75) is 36.6 Å². The summed E-state index contributed by atoms with van der Waals surface area (Å²) in [5.41, 5.74) is 0. The Labute approximate surface area is 222 Å². The average Bonchev–Trinajstić information content (AvgIpc) is 2.51. The fourth-order valence-electron chi connectivity index (χ4n) is 2.79. The number of phosphoric acid groups is 6. The van der Waals surface area contributed by atoms with Gasteiger partial charge in [-0.25, -0.2) is 27.4 Å². The maximum Gasteiger partial charge on any atom is 2.00 e. The van der Waals surface area contributed by atoms with Crippen LogP contribution in [0.25, 0.3) is 0 Å². The van der Waals surface area contributed by atoms with Gasteiger partial charge >= 0.3 is 70.0 Å². The van der Waals surface area contributed by atoms with Gasteiger partial charge in [-0.05, 0) is 0 Å². The summed E-state index contributed by atoms with van der Waals surface area (Å²) in [5, 5.41) is 0. The predicted octanol–water partition coefficient (Wildman–Crippen LogP) is -3.29. The maximum atomic E-state index is 11.4. The zero-order valence-electron chi connectivity index (χ0n) is 19.1. The van der Waals surface area contributed by atoms with Gasteiger partial charge in [-0.15, -0.1) is 0 Å². The van der Waals surface area contributed by atoms with Crippen molar-refractivity contribution in [2.24, 2.45) is 0 Å². The molecule has 37 heavy (non-hydrogen) atoms. The molecule has 31 heteroatoms. The number of phosphoric ester groups is 6. The molecule has 12 N–H and O–H groups in total. The molecule has 0 radical (unpaired) electrons. The normalized spacial score (nSPS) is 28.5. The van der Waals surface area contributed by atoms with Crippen LogP contribution in [0.4, 0.5) is 0 Å². The van der Waals surface area contributed by atoms with Gasteiger partial charge in [0.2, 0.25) is 0 Å². The molecule has 0 aromatic rings. The van der Waals surface area contributed by atoms with Crippen molar-refractivity contribution in [1.82, 2.24) is 0 Å². The van der Waals surface area contributed by atoms with Crippen LogP contribution in [0.5, 0.6) is 0 Å². The van der Waals surface area contributed by atoms with Crippen LogP contribution in [0.2, 0.25) is 0 Å². The molecule has 0 aromatic heterocycles. The van der Waals surface area contributed by atoms with E-state index in [1.807, 2.05) is 0 Å². The summed E-state index contributed by atoms with van der Waals surface area (Å²) in [6.45, 7) is 0. The molecule has 0 amide bonds. The van der Waals surface area contributed by atoms with Crippen LogP contribution in [-0.2, 0) is 54.5 Å². The molecule has 0 saturated heterocycles. The summed E-state index contributed by atoms with van der Waals surface area (Å²) in [5.74, 6) is 0. The van der Waals surface area contributed by atoms with Gasteiger partial charge in [0, 0.05) is 0 Å². The van der Waals surface area contributed by atoms with Gasteiger partial charge < -0.3 is 61.6 Å². The van der Waals surface area contributed by atoms with Crippen LogP contribution in [-0.4, -0.2) is 118 Å². The van der Waals surface area contributed by atoms with Crippen LogP contribution >= 0.6 is 46.9 Å². The zero-order valence-corrected chi connectivity index (χ0v) is 23.9. The molecule has 1 aliphatic rings. The second kappa shape index (κ2) is 13.2. The van der Waals surface area contributed by atoms with E-state index in [-0.39, 0.29) is 25.9 Å². The van der Waals surface area contributed by atoms with Crippen LogP contribution in [0, 0.1) is 0 Å². The van der Waals surface area contributed by atoms with E-state index in [2.05, 4.69) is 27.1 Å². The number of rotatable bonds is 12. The Hall–Kier alpha value is 1.43. The van der Waals surface area contributed by atoms with E-state index in [1.165, 1.54) is 0 Å². The molecule has 0 aliphatic heterocycles. The average molecular weight is 686 g/mol. The Bertz CT molecular complexity index is 836. The minimum Gasteiger partial charge on any atom is -1.00 e. The second-order valence-electron chi connectivity index (χ2n) is 6.36. The van der Waals surface area contributed by atoms with E-state index in [4.69, 9.17) is 58.7 Å². The van der Waals surface area contributed by atoms with E-state index in [1.54, 1.807) is 0 Å². The molecule has 1 rings (SSSR count). The van der Waals surface area contributed by atoms with Gasteiger partial charge in [-0.2, -0.15) is 0 Å². The summed E-state index contributed by atoms with van der Waals surface area (Å²) in [6, 6.07) is 0. The first kappa shape index (κ1) is 38.4. The summed E-state index contributed by atoms with van der Waals surface area (Å²) in [4.78, 5) is 110. The van der Waals surface area contributed by atoms with Crippen molar-refractivity contribution in [2.75, 3.05) is 0 Å². The molecule has 0 spiro atoms. The molecular weight excluding hydrogens is 666 g/mol. The maximum absolute atomic E-state index is 11.4. The minimum absolute atomic E-state index is 0. The van der Waals surface area contributed by atoms with E-state index in [9.17, 15) is 27.4 Å². The molecule has 0 aromatic carbocycles. The Kier molecular flexibility index (Phi) is 13.7. The minimum atomic E-state index is -6.02. The second-order valence-corrected chi connectivity index (χ2v) is 13.5. The van der Waals surface area contributed by atoms with Gasteiger partial charge in [0.1, 0.15) is 36.6 Å². The Balaban J connectivity index is -0.00000432. The number of hydrogen-bond donors (Lipinski definition) is 12. The van der Waals surface area contributed by atoms with Crippen molar-refractivity contribution in [3.05, 3.63) is 0 Å². The Morgan fingerprint density at radius 1 is 0.324 bits per heavy atom. The fraction of sp³-hybridized carbons (Fsp3) is 1.00. The third-order valence-corrected chi connectivity index (χ3v) is 6.61. The Morgan fingerprint density at radius 3 is 0.459 bits per heavy atom. The molecule has 1 fully saturated rings. The molecule has 0 unspecified atom stereocenters. The largest absolute Gasteiger partial charge is 2.00 e. The van der Waals surface area contributed by atoms with Crippen molar-refractivity contribution in [1.29, 1.82) is 0 Å².